The number of Topliss-reactive ketones (excluding diaryl/α,β-unsaturated/α-hetero) is 1. The molecule has 3 heteroatoms. The quantitative estimate of drug-likeness (QED) is 0.540. The fourth-order valence-corrected chi connectivity index (χ4v) is 1.17. The number of aryl methyl sites for hydroxylation is 1. The molecule has 1 rings (SSSR count). The molecule has 3 nitrogen and oxygen atoms in total. The van der Waals surface area contributed by atoms with Crippen LogP contribution in [0.15, 0.2) is 12.1 Å². The Balaban J connectivity index is 3.23. The summed E-state index contributed by atoms with van der Waals surface area (Å²) in [7, 11) is 0. The van der Waals surface area contributed by atoms with E-state index in [4.69, 9.17) is 10.2 Å². The second kappa shape index (κ2) is 3.47. The zero-order valence-electron chi connectivity index (χ0n) is 7.66. The van der Waals surface area contributed by atoms with Crippen LogP contribution in [0.4, 0.5) is 0 Å². The van der Waals surface area contributed by atoms with E-state index in [-0.39, 0.29) is 17.3 Å². The van der Waals surface area contributed by atoms with Gasteiger partial charge in [-0.05, 0) is 24.6 Å². The number of carbonyl (C=O) groups is 1. The smallest absolute Gasteiger partial charge is 0.163 e. The summed E-state index contributed by atoms with van der Waals surface area (Å²) in [6, 6.07) is 2.69. The molecule has 0 aliphatic rings. The fourth-order valence-electron chi connectivity index (χ4n) is 1.17. The SMILES string of the molecule is CCC(=O)c1cc(O)c(O)cc1C. The van der Waals surface area contributed by atoms with Crippen LogP contribution in [0, 0.1) is 6.92 Å². The number of carbonyl (C=O) groups excluding carboxylic acids is 1. The lowest BCUT2D eigenvalue weighted by atomic mass is 10.0. The second-order valence-electron chi connectivity index (χ2n) is 2.93. The van der Waals surface area contributed by atoms with Gasteiger partial charge in [-0.3, -0.25) is 4.79 Å². The minimum absolute atomic E-state index is 0.0344. The van der Waals surface area contributed by atoms with Gasteiger partial charge >= 0.3 is 0 Å². The Bertz CT molecular complexity index is 342. The van der Waals surface area contributed by atoms with Gasteiger partial charge in [0, 0.05) is 12.0 Å². The number of hydrogen-bond donors (Lipinski definition) is 2. The molecular weight excluding hydrogens is 168 g/mol. The van der Waals surface area contributed by atoms with Crippen molar-refractivity contribution in [3.05, 3.63) is 23.3 Å². The summed E-state index contributed by atoms with van der Waals surface area (Å²) < 4.78 is 0. The lowest BCUT2D eigenvalue weighted by Gasteiger charge is -2.05. The predicted molar refractivity (Wildman–Crippen MR) is 49.1 cm³/mol. The third kappa shape index (κ3) is 1.80. The standard InChI is InChI=1S/C10H12O3/c1-3-8(11)7-5-10(13)9(12)4-6(7)2/h4-5,12-13H,3H2,1-2H3. The molecule has 0 bridgehead atoms. The zero-order valence-corrected chi connectivity index (χ0v) is 7.66. The fraction of sp³-hybridized carbons (Fsp3) is 0.300. The first-order valence-corrected chi connectivity index (χ1v) is 4.12. The molecule has 0 heterocycles. The highest BCUT2D eigenvalue weighted by molar-refractivity contribution is 5.97. The summed E-state index contributed by atoms with van der Waals surface area (Å²) in [5, 5.41) is 18.3. The van der Waals surface area contributed by atoms with Crippen molar-refractivity contribution in [2.45, 2.75) is 20.3 Å². The molecule has 1 aromatic carbocycles. The average Bonchev–Trinajstić information content (AvgIpc) is 2.10. The van der Waals surface area contributed by atoms with Gasteiger partial charge < -0.3 is 10.2 Å². The van der Waals surface area contributed by atoms with Crippen LogP contribution < -0.4 is 0 Å². The summed E-state index contributed by atoms with van der Waals surface area (Å²) >= 11 is 0. The van der Waals surface area contributed by atoms with Gasteiger partial charge in [-0.25, -0.2) is 0 Å². The molecule has 0 spiro atoms. The molecule has 13 heavy (non-hydrogen) atoms. The van der Waals surface area contributed by atoms with E-state index >= 15 is 0 Å². The molecule has 0 radical (unpaired) electrons. The highest BCUT2D eigenvalue weighted by atomic mass is 16.3. The van der Waals surface area contributed by atoms with Crippen molar-refractivity contribution >= 4 is 5.78 Å². The Morgan fingerprint density at radius 3 is 2.38 bits per heavy atom. The molecule has 0 unspecified atom stereocenters. The van der Waals surface area contributed by atoms with Crippen LogP contribution in [-0.2, 0) is 0 Å². The Morgan fingerprint density at radius 1 is 1.31 bits per heavy atom. The van der Waals surface area contributed by atoms with Crippen molar-refractivity contribution in [2.75, 3.05) is 0 Å². The van der Waals surface area contributed by atoms with Crippen molar-refractivity contribution in [3.8, 4) is 11.5 Å². The van der Waals surface area contributed by atoms with E-state index < -0.39 is 0 Å². The predicted octanol–water partition coefficient (Wildman–Crippen LogP) is 2.00. The van der Waals surface area contributed by atoms with Crippen LogP contribution in [-0.4, -0.2) is 16.0 Å². The van der Waals surface area contributed by atoms with E-state index in [9.17, 15) is 4.79 Å². The Labute approximate surface area is 76.6 Å². The van der Waals surface area contributed by atoms with Crippen LogP contribution in [0.25, 0.3) is 0 Å². The molecule has 1 aromatic rings. The van der Waals surface area contributed by atoms with E-state index in [1.807, 2.05) is 0 Å². The maximum absolute atomic E-state index is 11.3. The first kappa shape index (κ1) is 9.58. The maximum atomic E-state index is 11.3. The van der Waals surface area contributed by atoms with Crippen molar-refractivity contribution < 1.29 is 15.0 Å². The van der Waals surface area contributed by atoms with Crippen LogP contribution >= 0.6 is 0 Å². The number of hydrogen-bond acceptors (Lipinski definition) is 3. The van der Waals surface area contributed by atoms with E-state index in [2.05, 4.69) is 0 Å². The number of benzene rings is 1. The van der Waals surface area contributed by atoms with Crippen LogP contribution in [0.5, 0.6) is 11.5 Å². The first-order valence-electron chi connectivity index (χ1n) is 4.12. The topological polar surface area (TPSA) is 57.5 Å². The van der Waals surface area contributed by atoms with Gasteiger partial charge in [-0.15, -0.1) is 0 Å². The van der Waals surface area contributed by atoms with Gasteiger partial charge in [0.25, 0.3) is 0 Å². The number of phenolic OH excluding ortho intramolecular Hbond substituents is 2. The minimum atomic E-state index is -0.248. The zero-order chi connectivity index (χ0) is 10.0. The van der Waals surface area contributed by atoms with Crippen molar-refractivity contribution in [3.63, 3.8) is 0 Å². The van der Waals surface area contributed by atoms with E-state index in [0.717, 1.165) is 0 Å². The minimum Gasteiger partial charge on any atom is -0.504 e. The van der Waals surface area contributed by atoms with Crippen molar-refractivity contribution in [1.82, 2.24) is 0 Å². The molecule has 0 amide bonds. The van der Waals surface area contributed by atoms with Crippen LogP contribution in [0.1, 0.15) is 29.3 Å². The van der Waals surface area contributed by atoms with Crippen LogP contribution in [0.3, 0.4) is 0 Å². The largest absolute Gasteiger partial charge is 0.504 e. The Kier molecular flexibility index (Phi) is 2.56. The summed E-state index contributed by atoms with van der Waals surface area (Å²) in [5.41, 5.74) is 1.15. The molecule has 0 aromatic heterocycles. The summed E-state index contributed by atoms with van der Waals surface area (Å²) in [6.07, 6.45) is 0.394. The van der Waals surface area contributed by atoms with Gasteiger partial charge in [-0.1, -0.05) is 6.92 Å². The summed E-state index contributed by atoms with van der Waals surface area (Å²) in [5.74, 6) is -0.472. The van der Waals surface area contributed by atoms with Crippen LogP contribution in [0.2, 0.25) is 0 Å². The van der Waals surface area contributed by atoms with E-state index in [0.29, 0.717) is 17.5 Å². The van der Waals surface area contributed by atoms with E-state index in [1.165, 1.54) is 12.1 Å². The normalized spacial score (nSPS) is 10.0. The number of aromatic hydroxyl groups is 2. The van der Waals surface area contributed by atoms with E-state index in [1.54, 1.807) is 13.8 Å². The monoisotopic (exact) mass is 180 g/mol. The van der Waals surface area contributed by atoms with Gasteiger partial charge in [0.2, 0.25) is 0 Å². The van der Waals surface area contributed by atoms with Crippen molar-refractivity contribution in [2.24, 2.45) is 0 Å². The molecule has 2 N–H and O–H groups in total. The third-order valence-corrected chi connectivity index (χ3v) is 1.94. The van der Waals surface area contributed by atoms with Gasteiger partial charge in [-0.2, -0.15) is 0 Å². The van der Waals surface area contributed by atoms with Gasteiger partial charge in [0.05, 0.1) is 0 Å². The molecule has 0 aliphatic heterocycles. The maximum Gasteiger partial charge on any atom is 0.163 e. The lowest BCUT2D eigenvalue weighted by molar-refractivity contribution is 0.0987. The molecule has 0 saturated heterocycles. The Morgan fingerprint density at radius 2 is 1.85 bits per heavy atom. The molecule has 0 aliphatic carbocycles. The third-order valence-electron chi connectivity index (χ3n) is 1.94. The molecule has 70 valence electrons. The average molecular weight is 180 g/mol. The lowest BCUT2D eigenvalue weighted by Crippen LogP contribution is -1.99. The first-order chi connectivity index (χ1) is 6.06. The highest BCUT2D eigenvalue weighted by Crippen LogP contribution is 2.28. The van der Waals surface area contributed by atoms with Gasteiger partial charge in [0.1, 0.15) is 0 Å². The van der Waals surface area contributed by atoms with Crippen molar-refractivity contribution in [1.29, 1.82) is 0 Å². The number of ketones is 1. The summed E-state index contributed by atoms with van der Waals surface area (Å²) in [4.78, 5) is 11.3. The molecule has 0 fully saturated rings. The van der Waals surface area contributed by atoms with Gasteiger partial charge in [0.15, 0.2) is 17.3 Å². The number of phenols is 2. The second-order valence-corrected chi connectivity index (χ2v) is 2.93. The molecule has 0 atom stereocenters. The number of rotatable bonds is 2. The molecular formula is C10H12O3. The summed E-state index contributed by atoms with van der Waals surface area (Å²) in [6.45, 7) is 3.48. The Hall–Kier alpha value is -1.51. The molecule has 0 saturated carbocycles. The highest BCUT2D eigenvalue weighted by Gasteiger charge is 2.10.